The summed E-state index contributed by atoms with van der Waals surface area (Å²) in [5, 5.41) is 6.63. The number of halogens is 2. The summed E-state index contributed by atoms with van der Waals surface area (Å²) in [5.41, 5.74) is 4.61. The second-order valence-corrected chi connectivity index (χ2v) is 8.96. The number of hydrogen-bond acceptors (Lipinski definition) is 5. The molecule has 9 heteroatoms. The number of carbonyl (C=O) groups is 1. The van der Waals surface area contributed by atoms with Crippen LogP contribution in [0.4, 0.5) is 10.2 Å². The quantitative estimate of drug-likeness (QED) is 0.343. The molecule has 1 saturated carbocycles. The molecule has 6 rings (SSSR count). The number of amides is 1. The Labute approximate surface area is 205 Å². The Morgan fingerprint density at radius 1 is 1.14 bits per heavy atom. The van der Waals surface area contributed by atoms with Crippen molar-refractivity contribution in [3.63, 3.8) is 0 Å². The molecule has 0 saturated heterocycles. The molecule has 0 bridgehead atoms. The summed E-state index contributed by atoms with van der Waals surface area (Å²) in [7, 11) is 0. The van der Waals surface area contributed by atoms with Crippen LogP contribution in [0.15, 0.2) is 67.1 Å². The third-order valence-electron chi connectivity index (χ3n) is 5.99. The predicted octanol–water partition coefficient (Wildman–Crippen LogP) is 5.24. The molecule has 5 aromatic rings. The van der Waals surface area contributed by atoms with Crippen molar-refractivity contribution in [1.29, 1.82) is 0 Å². The number of aromatic nitrogens is 4. The van der Waals surface area contributed by atoms with Crippen LogP contribution in [0.1, 0.15) is 28.8 Å². The van der Waals surface area contributed by atoms with Gasteiger partial charge >= 0.3 is 0 Å². The summed E-state index contributed by atoms with van der Waals surface area (Å²) >= 11 is 6.51. The van der Waals surface area contributed by atoms with E-state index in [0.717, 1.165) is 24.0 Å². The third-order valence-corrected chi connectivity index (χ3v) is 6.30. The number of anilines is 1. The predicted molar refractivity (Wildman–Crippen MR) is 133 cm³/mol. The van der Waals surface area contributed by atoms with Gasteiger partial charge in [0.1, 0.15) is 5.82 Å². The van der Waals surface area contributed by atoms with Gasteiger partial charge in [0.05, 0.1) is 33.5 Å². The van der Waals surface area contributed by atoms with E-state index in [0.29, 0.717) is 45.3 Å². The number of pyridine rings is 1. The number of nitrogens with one attached hydrogen (secondary N) is 2. The Balaban J connectivity index is 1.45. The maximum atomic E-state index is 14.2. The van der Waals surface area contributed by atoms with Crippen LogP contribution in [-0.2, 0) is 6.54 Å². The second kappa shape index (κ2) is 8.63. The first-order chi connectivity index (χ1) is 17.1. The van der Waals surface area contributed by atoms with Gasteiger partial charge in [-0.05, 0) is 48.7 Å². The average Bonchev–Trinajstić information content (AvgIpc) is 3.56. The Morgan fingerprint density at radius 3 is 2.80 bits per heavy atom. The maximum absolute atomic E-state index is 14.2. The van der Waals surface area contributed by atoms with Crippen LogP contribution in [0.25, 0.3) is 27.9 Å². The van der Waals surface area contributed by atoms with Crippen LogP contribution >= 0.6 is 11.6 Å². The number of nitrogens with zero attached hydrogens (tertiary/aromatic N) is 4. The normalized spacial score (nSPS) is 13.3. The molecule has 0 atom stereocenters. The number of rotatable bonds is 6. The van der Waals surface area contributed by atoms with Gasteiger partial charge in [0.25, 0.3) is 5.91 Å². The van der Waals surface area contributed by atoms with Crippen molar-refractivity contribution in [2.24, 2.45) is 0 Å². The van der Waals surface area contributed by atoms with Gasteiger partial charge < -0.3 is 10.6 Å². The molecule has 35 heavy (non-hydrogen) atoms. The molecular formula is C26H20ClFN6O. The van der Waals surface area contributed by atoms with Crippen LogP contribution in [0.3, 0.4) is 0 Å². The molecule has 7 nitrogen and oxygen atoms in total. The van der Waals surface area contributed by atoms with Crippen molar-refractivity contribution >= 4 is 40.0 Å². The highest BCUT2D eigenvalue weighted by molar-refractivity contribution is 6.34. The van der Waals surface area contributed by atoms with Crippen molar-refractivity contribution in [2.75, 3.05) is 5.32 Å². The van der Waals surface area contributed by atoms with Gasteiger partial charge in [-0.25, -0.2) is 14.4 Å². The number of carbonyl (C=O) groups excluding carboxylic acids is 1. The standard InChI is InChI=1S/C26H20ClFN6O/c27-20-10-16(3-7-19(20)26(35)32-18-5-6-18)23-14-31-25-24(30-13-15-2-1-9-29-12-15)33-21-8-4-17(28)11-22(21)34(23)25/h1-4,7-12,14,18H,5-6,13H2,(H,30,33)(H,32,35). The number of hydrogen-bond donors (Lipinski definition) is 2. The molecule has 3 aromatic heterocycles. The van der Waals surface area contributed by atoms with Crippen molar-refractivity contribution in [1.82, 2.24) is 24.7 Å². The van der Waals surface area contributed by atoms with Crippen LogP contribution in [0.2, 0.25) is 5.02 Å². The van der Waals surface area contributed by atoms with E-state index in [9.17, 15) is 9.18 Å². The Morgan fingerprint density at radius 2 is 2.03 bits per heavy atom. The largest absolute Gasteiger partial charge is 0.363 e. The minimum Gasteiger partial charge on any atom is -0.363 e. The van der Waals surface area contributed by atoms with E-state index < -0.39 is 0 Å². The molecule has 0 unspecified atom stereocenters. The van der Waals surface area contributed by atoms with E-state index in [1.54, 1.807) is 36.8 Å². The van der Waals surface area contributed by atoms with Crippen molar-refractivity contribution in [3.8, 4) is 11.3 Å². The van der Waals surface area contributed by atoms with E-state index in [2.05, 4.69) is 20.6 Å². The SMILES string of the molecule is O=C(NC1CC1)c1ccc(-c2cnc3c(NCc4cccnc4)nc4ccc(F)cc4n23)cc1Cl. The van der Waals surface area contributed by atoms with Crippen molar-refractivity contribution < 1.29 is 9.18 Å². The molecule has 174 valence electrons. The lowest BCUT2D eigenvalue weighted by atomic mass is 10.1. The number of imidazole rings is 1. The van der Waals surface area contributed by atoms with Crippen molar-refractivity contribution in [2.45, 2.75) is 25.4 Å². The Kier molecular flexibility index (Phi) is 5.30. The van der Waals surface area contributed by atoms with Gasteiger partial charge in [0.2, 0.25) is 0 Å². The minimum absolute atomic E-state index is 0.180. The summed E-state index contributed by atoms with van der Waals surface area (Å²) in [6.07, 6.45) is 7.19. The summed E-state index contributed by atoms with van der Waals surface area (Å²) in [5.74, 6) is 0.00740. The van der Waals surface area contributed by atoms with Gasteiger partial charge in [-0.15, -0.1) is 0 Å². The van der Waals surface area contributed by atoms with E-state index in [1.807, 2.05) is 22.6 Å². The monoisotopic (exact) mass is 486 g/mol. The molecule has 1 aliphatic carbocycles. The Bertz CT molecular complexity index is 1580. The first-order valence-corrected chi connectivity index (χ1v) is 11.6. The first kappa shape index (κ1) is 21.5. The first-order valence-electron chi connectivity index (χ1n) is 11.3. The Hall–Kier alpha value is -4.04. The molecule has 0 radical (unpaired) electrons. The topological polar surface area (TPSA) is 84.2 Å². The fourth-order valence-corrected chi connectivity index (χ4v) is 4.33. The van der Waals surface area contributed by atoms with E-state index >= 15 is 0 Å². The van der Waals surface area contributed by atoms with Crippen LogP contribution < -0.4 is 10.6 Å². The van der Waals surface area contributed by atoms with Crippen LogP contribution in [0, 0.1) is 5.82 Å². The molecule has 1 amide bonds. The van der Waals surface area contributed by atoms with Crippen molar-refractivity contribution in [3.05, 3.63) is 89.1 Å². The van der Waals surface area contributed by atoms with Gasteiger partial charge in [0.15, 0.2) is 11.5 Å². The van der Waals surface area contributed by atoms with Gasteiger partial charge in [0, 0.05) is 36.6 Å². The molecule has 3 heterocycles. The van der Waals surface area contributed by atoms with Crippen LogP contribution in [-0.4, -0.2) is 31.3 Å². The summed E-state index contributed by atoms with van der Waals surface area (Å²) in [4.78, 5) is 25.9. The molecular weight excluding hydrogens is 467 g/mol. The number of fused-ring (bicyclic) bond motifs is 3. The zero-order chi connectivity index (χ0) is 23.9. The average molecular weight is 487 g/mol. The lowest BCUT2D eigenvalue weighted by Gasteiger charge is -2.12. The fraction of sp³-hybridized carbons (Fsp3) is 0.154. The molecule has 0 aliphatic heterocycles. The van der Waals surface area contributed by atoms with Gasteiger partial charge in [-0.3, -0.25) is 14.2 Å². The van der Waals surface area contributed by atoms with Crippen LogP contribution in [0.5, 0.6) is 0 Å². The molecule has 2 N–H and O–H groups in total. The molecule has 0 spiro atoms. The smallest absolute Gasteiger partial charge is 0.253 e. The van der Waals surface area contributed by atoms with E-state index in [1.165, 1.54) is 12.1 Å². The number of benzene rings is 2. The highest BCUT2D eigenvalue weighted by atomic mass is 35.5. The lowest BCUT2D eigenvalue weighted by molar-refractivity contribution is 0.0951. The molecule has 1 aliphatic rings. The minimum atomic E-state index is -0.374. The van der Waals surface area contributed by atoms with E-state index in [-0.39, 0.29) is 17.8 Å². The summed E-state index contributed by atoms with van der Waals surface area (Å²) < 4.78 is 16.1. The second-order valence-electron chi connectivity index (χ2n) is 8.55. The zero-order valence-electron chi connectivity index (χ0n) is 18.5. The van der Waals surface area contributed by atoms with Gasteiger partial charge in [-0.2, -0.15) is 0 Å². The fourth-order valence-electron chi connectivity index (χ4n) is 4.06. The molecule has 2 aromatic carbocycles. The highest BCUT2D eigenvalue weighted by Gasteiger charge is 2.25. The summed E-state index contributed by atoms with van der Waals surface area (Å²) in [6.45, 7) is 0.502. The highest BCUT2D eigenvalue weighted by Crippen LogP contribution is 2.31. The summed E-state index contributed by atoms with van der Waals surface area (Å²) in [6, 6.07) is 13.8. The lowest BCUT2D eigenvalue weighted by Crippen LogP contribution is -2.25. The zero-order valence-corrected chi connectivity index (χ0v) is 19.3. The maximum Gasteiger partial charge on any atom is 0.253 e. The van der Waals surface area contributed by atoms with Gasteiger partial charge in [-0.1, -0.05) is 23.7 Å². The van der Waals surface area contributed by atoms with E-state index in [4.69, 9.17) is 16.6 Å². The third kappa shape index (κ3) is 4.17. The molecule has 1 fully saturated rings.